The van der Waals surface area contributed by atoms with Crippen LogP contribution in [-0.4, -0.2) is 33.4 Å². The molecule has 2 amide bonds. The van der Waals surface area contributed by atoms with E-state index >= 15 is 0 Å². The zero-order chi connectivity index (χ0) is 19.7. The standard InChI is InChI=1S/C18H21N3O5S/c1-14-6-5-7-15(12-14)26-13-18(23)21-20-17(22)10-11-19-27(24,25)16-8-3-2-4-9-16/h2-9,12,19H,10-11,13H2,1H3,(H,20,22)(H,21,23). The predicted octanol–water partition coefficient (Wildman–Crippen LogP) is 0.890. The lowest BCUT2D eigenvalue weighted by molar-refractivity contribution is -0.129. The van der Waals surface area contributed by atoms with Gasteiger partial charge in [0, 0.05) is 13.0 Å². The first-order valence-electron chi connectivity index (χ1n) is 8.19. The SMILES string of the molecule is Cc1cccc(OCC(=O)NNC(=O)CCNS(=O)(=O)c2ccccc2)c1. The van der Waals surface area contributed by atoms with Crippen molar-refractivity contribution < 1.29 is 22.7 Å². The summed E-state index contributed by atoms with van der Waals surface area (Å²) in [4.78, 5) is 23.5. The van der Waals surface area contributed by atoms with Gasteiger partial charge in [0.1, 0.15) is 5.75 Å². The molecule has 0 unspecified atom stereocenters. The van der Waals surface area contributed by atoms with Crippen LogP contribution in [0.5, 0.6) is 5.75 Å². The molecule has 27 heavy (non-hydrogen) atoms. The van der Waals surface area contributed by atoms with E-state index in [1.54, 1.807) is 36.4 Å². The fraction of sp³-hybridized carbons (Fsp3) is 0.222. The smallest absolute Gasteiger partial charge is 0.276 e. The molecule has 0 fully saturated rings. The van der Waals surface area contributed by atoms with Crippen LogP contribution in [-0.2, 0) is 19.6 Å². The molecular weight excluding hydrogens is 370 g/mol. The summed E-state index contributed by atoms with van der Waals surface area (Å²) < 4.78 is 31.6. The number of hydrogen-bond donors (Lipinski definition) is 3. The van der Waals surface area contributed by atoms with Gasteiger partial charge in [0.25, 0.3) is 5.91 Å². The maximum Gasteiger partial charge on any atom is 0.276 e. The summed E-state index contributed by atoms with van der Waals surface area (Å²) in [7, 11) is -3.67. The summed E-state index contributed by atoms with van der Waals surface area (Å²) in [6, 6.07) is 15.0. The van der Waals surface area contributed by atoms with Crippen molar-refractivity contribution in [3.05, 3.63) is 60.2 Å². The van der Waals surface area contributed by atoms with Crippen LogP contribution >= 0.6 is 0 Å². The summed E-state index contributed by atoms with van der Waals surface area (Å²) in [6.45, 7) is 1.54. The number of sulfonamides is 1. The number of carbonyl (C=O) groups excluding carboxylic acids is 2. The molecule has 0 spiro atoms. The zero-order valence-electron chi connectivity index (χ0n) is 14.8. The van der Waals surface area contributed by atoms with Gasteiger partial charge in [-0.3, -0.25) is 20.4 Å². The van der Waals surface area contributed by atoms with Gasteiger partial charge in [0.15, 0.2) is 6.61 Å². The van der Waals surface area contributed by atoms with Crippen LogP contribution in [0.2, 0.25) is 0 Å². The summed E-state index contributed by atoms with van der Waals surface area (Å²) >= 11 is 0. The van der Waals surface area contributed by atoms with Gasteiger partial charge in [-0.25, -0.2) is 13.1 Å². The zero-order valence-corrected chi connectivity index (χ0v) is 15.6. The second kappa shape index (κ2) is 9.70. The van der Waals surface area contributed by atoms with Crippen LogP contribution in [0.3, 0.4) is 0 Å². The molecule has 0 bridgehead atoms. The largest absolute Gasteiger partial charge is 0.484 e. The number of rotatable bonds is 8. The number of aryl methyl sites for hydroxylation is 1. The number of hydrazine groups is 1. The van der Waals surface area contributed by atoms with Crippen molar-refractivity contribution >= 4 is 21.8 Å². The highest BCUT2D eigenvalue weighted by Crippen LogP contribution is 2.11. The van der Waals surface area contributed by atoms with Crippen molar-refractivity contribution in [1.82, 2.24) is 15.6 Å². The van der Waals surface area contributed by atoms with E-state index in [-0.39, 0.29) is 24.5 Å². The molecule has 0 heterocycles. The van der Waals surface area contributed by atoms with Gasteiger partial charge in [0.2, 0.25) is 15.9 Å². The number of benzene rings is 2. The molecule has 0 atom stereocenters. The molecular formula is C18H21N3O5S. The number of ether oxygens (including phenoxy) is 1. The third-order valence-corrected chi connectivity index (χ3v) is 4.88. The molecule has 3 N–H and O–H groups in total. The number of nitrogens with one attached hydrogen (secondary N) is 3. The molecule has 2 aromatic rings. The van der Waals surface area contributed by atoms with Gasteiger partial charge >= 0.3 is 0 Å². The van der Waals surface area contributed by atoms with Gasteiger partial charge in [-0.2, -0.15) is 0 Å². The third kappa shape index (κ3) is 7.08. The van der Waals surface area contributed by atoms with Crippen molar-refractivity contribution in [2.45, 2.75) is 18.2 Å². The van der Waals surface area contributed by atoms with Gasteiger partial charge in [-0.1, -0.05) is 30.3 Å². The van der Waals surface area contributed by atoms with E-state index in [1.807, 2.05) is 13.0 Å². The lowest BCUT2D eigenvalue weighted by Gasteiger charge is -2.10. The van der Waals surface area contributed by atoms with Crippen LogP contribution in [0.4, 0.5) is 0 Å². The van der Waals surface area contributed by atoms with E-state index in [4.69, 9.17) is 4.74 Å². The van der Waals surface area contributed by atoms with Crippen LogP contribution in [0.25, 0.3) is 0 Å². The number of hydrogen-bond acceptors (Lipinski definition) is 5. The molecule has 0 radical (unpaired) electrons. The second-order valence-corrected chi connectivity index (χ2v) is 7.43. The Bertz CT molecular complexity index is 885. The minimum atomic E-state index is -3.67. The summed E-state index contributed by atoms with van der Waals surface area (Å²) in [5.41, 5.74) is 5.41. The Kier molecular flexibility index (Phi) is 7.33. The summed E-state index contributed by atoms with van der Waals surface area (Å²) in [6.07, 6.45) is -0.134. The van der Waals surface area contributed by atoms with E-state index < -0.39 is 21.8 Å². The first-order chi connectivity index (χ1) is 12.9. The van der Waals surface area contributed by atoms with E-state index in [1.165, 1.54) is 12.1 Å². The average molecular weight is 391 g/mol. The van der Waals surface area contributed by atoms with E-state index in [9.17, 15) is 18.0 Å². The quantitative estimate of drug-likeness (QED) is 0.579. The lowest BCUT2D eigenvalue weighted by atomic mass is 10.2. The fourth-order valence-corrected chi connectivity index (χ4v) is 3.13. The van der Waals surface area contributed by atoms with Crippen molar-refractivity contribution in [3.8, 4) is 5.75 Å². The second-order valence-electron chi connectivity index (χ2n) is 5.66. The highest BCUT2D eigenvalue weighted by Gasteiger charge is 2.13. The predicted molar refractivity (Wildman–Crippen MR) is 99.2 cm³/mol. The molecule has 0 saturated heterocycles. The number of carbonyl (C=O) groups is 2. The molecule has 2 rings (SSSR count). The lowest BCUT2D eigenvalue weighted by Crippen LogP contribution is -2.44. The van der Waals surface area contributed by atoms with Gasteiger partial charge in [-0.05, 0) is 36.8 Å². The maximum absolute atomic E-state index is 12.0. The highest BCUT2D eigenvalue weighted by molar-refractivity contribution is 7.89. The first kappa shape index (κ1) is 20.4. The third-order valence-electron chi connectivity index (χ3n) is 3.40. The van der Waals surface area contributed by atoms with Crippen LogP contribution in [0, 0.1) is 6.92 Å². The van der Waals surface area contributed by atoms with Crippen LogP contribution in [0.1, 0.15) is 12.0 Å². The molecule has 0 aliphatic heterocycles. The minimum Gasteiger partial charge on any atom is -0.484 e. The van der Waals surface area contributed by atoms with Crippen molar-refractivity contribution in [1.29, 1.82) is 0 Å². The van der Waals surface area contributed by atoms with Gasteiger partial charge in [0.05, 0.1) is 4.90 Å². The van der Waals surface area contributed by atoms with Crippen molar-refractivity contribution in [2.75, 3.05) is 13.2 Å². The molecule has 2 aromatic carbocycles. The Hall–Kier alpha value is -2.91. The van der Waals surface area contributed by atoms with E-state index in [0.717, 1.165) is 5.56 Å². The fourth-order valence-electron chi connectivity index (χ4n) is 2.07. The van der Waals surface area contributed by atoms with Gasteiger partial charge < -0.3 is 4.74 Å². The highest BCUT2D eigenvalue weighted by atomic mass is 32.2. The molecule has 0 aliphatic carbocycles. The Morgan fingerprint density at radius 3 is 2.37 bits per heavy atom. The topological polar surface area (TPSA) is 114 Å². The molecule has 9 heteroatoms. The van der Waals surface area contributed by atoms with Crippen molar-refractivity contribution in [2.24, 2.45) is 0 Å². The molecule has 0 saturated carbocycles. The molecule has 144 valence electrons. The van der Waals surface area contributed by atoms with E-state index in [2.05, 4.69) is 15.6 Å². The van der Waals surface area contributed by atoms with Crippen molar-refractivity contribution in [3.63, 3.8) is 0 Å². The molecule has 0 aliphatic rings. The Balaban J connectivity index is 1.66. The van der Waals surface area contributed by atoms with E-state index in [0.29, 0.717) is 5.75 Å². The van der Waals surface area contributed by atoms with Crippen LogP contribution in [0.15, 0.2) is 59.5 Å². The minimum absolute atomic E-state index is 0.0985. The van der Waals surface area contributed by atoms with Gasteiger partial charge in [-0.15, -0.1) is 0 Å². The Morgan fingerprint density at radius 2 is 1.67 bits per heavy atom. The first-order valence-corrected chi connectivity index (χ1v) is 9.67. The summed E-state index contributed by atoms with van der Waals surface area (Å²) in [5, 5.41) is 0. The molecule has 8 nitrogen and oxygen atoms in total. The average Bonchev–Trinajstić information content (AvgIpc) is 2.65. The van der Waals surface area contributed by atoms with Crippen LogP contribution < -0.4 is 20.3 Å². The monoisotopic (exact) mass is 391 g/mol. The summed E-state index contributed by atoms with van der Waals surface area (Å²) in [5.74, 6) is -0.517. The normalized spacial score (nSPS) is 10.9. The molecule has 0 aromatic heterocycles. The number of amides is 2. The Morgan fingerprint density at radius 1 is 0.963 bits per heavy atom. The maximum atomic E-state index is 12.0. The Labute approximate surface area is 157 Å².